The van der Waals surface area contributed by atoms with Crippen molar-refractivity contribution in [2.24, 2.45) is 0 Å². The van der Waals surface area contributed by atoms with Crippen molar-refractivity contribution in [2.75, 3.05) is 45.6 Å². The molecule has 6 bridgehead atoms. The van der Waals surface area contributed by atoms with Crippen LogP contribution in [0.3, 0.4) is 0 Å². The van der Waals surface area contributed by atoms with Crippen molar-refractivity contribution in [3.63, 3.8) is 0 Å². The molecule has 2 amide bonds. The third-order valence-electron chi connectivity index (χ3n) is 8.09. The lowest BCUT2D eigenvalue weighted by Crippen LogP contribution is -2.56. The first kappa shape index (κ1) is 25.3. The third-order valence-corrected chi connectivity index (χ3v) is 9.33. The summed E-state index contributed by atoms with van der Waals surface area (Å²) in [6.07, 6.45) is -0.525. The Balaban J connectivity index is 1.42. The first-order valence-corrected chi connectivity index (χ1v) is 14.4. The molecule has 0 unspecified atom stereocenters. The average Bonchev–Trinajstić information content (AvgIpc) is 3.26. The molecule has 4 aliphatic heterocycles. The van der Waals surface area contributed by atoms with Crippen LogP contribution in [0.4, 0.5) is 0 Å². The fourth-order valence-electron chi connectivity index (χ4n) is 5.96. The van der Waals surface area contributed by atoms with E-state index in [9.17, 15) is 28.2 Å². The molecule has 3 N–H and O–H groups in total. The summed E-state index contributed by atoms with van der Waals surface area (Å²) in [6.45, 7) is 1.38. The lowest BCUT2D eigenvalue weighted by molar-refractivity contribution is -0.145. The van der Waals surface area contributed by atoms with Crippen LogP contribution in [0.15, 0.2) is 0 Å². The molecule has 4 heterocycles. The van der Waals surface area contributed by atoms with Crippen molar-refractivity contribution in [1.82, 2.24) is 19.4 Å². The molecule has 0 aromatic carbocycles. The van der Waals surface area contributed by atoms with Crippen molar-refractivity contribution in [1.29, 1.82) is 0 Å². The quantitative estimate of drug-likeness (QED) is 0.361. The molecule has 13 heteroatoms. The fraction of sp³-hybridized carbons (Fsp3) is 0.909. The zero-order chi connectivity index (χ0) is 24.9. The molecule has 1 aliphatic carbocycles. The summed E-state index contributed by atoms with van der Waals surface area (Å²) in [4.78, 5) is 30.4. The molecule has 0 aromatic heterocycles. The van der Waals surface area contributed by atoms with E-state index in [2.05, 4.69) is 10.2 Å². The number of likely N-dealkylation sites (tertiary alicyclic amines) is 1. The number of carbonyl (C=O) groups excluding carboxylic acids is 2. The number of hydrogen-bond acceptors (Lipinski definition) is 9. The van der Waals surface area contributed by atoms with Crippen LogP contribution >= 0.6 is 0 Å². The number of nitrogens with one attached hydrogen (secondary N) is 1. The highest BCUT2D eigenvalue weighted by molar-refractivity contribution is 7.88. The van der Waals surface area contributed by atoms with Gasteiger partial charge in [-0.2, -0.15) is 4.31 Å². The largest absolute Gasteiger partial charge is 0.388 e. The Bertz CT molecular complexity index is 930. The molecule has 0 radical (unpaired) electrons. The van der Waals surface area contributed by atoms with Gasteiger partial charge in [-0.3, -0.25) is 14.5 Å². The van der Waals surface area contributed by atoms with Gasteiger partial charge >= 0.3 is 0 Å². The number of aliphatic hydroxyl groups is 2. The predicted molar refractivity (Wildman–Crippen MR) is 123 cm³/mol. The van der Waals surface area contributed by atoms with Crippen molar-refractivity contribution in [2.45, 2.75) is 80.7 Å². The highest BCUT2D eigenvalue weighted by atomic mass is 32.2. The number of morpholine rings is 1. The number of amides is 2. The van der Waals surface area contributed by atoms with Gasteiger partial charge in [0, 0.05) is 44.8 Å². The SMILES string of the molecule is CS(=O)(=O)N1C[C@@H]2CN(CCO2)C(=O)[C@@H]2C[C@@H](CN2C2CCC2)NC(=O)C[C@@H]2O[C@H](C1)[C@@H](O)[C@H]2O. The second-order valence-corrected chi connectivity index (χ2v) is 12.5. The van der Waals surface area contributed by atoms with E-state index in [1.807, 2.05) is 0 Å². The minimum Gasteiger partial charge on any atom is -0.388 e. The predicted octanol–water partition coefficient (Wildman–Crippen LogP) is -2.52. The second-order valence-electron chi connectivity index (χ2n) is 10.6. The zero-order valence-corrected chi connectivity index (χ0v) is 20.8. The van der Waals surface area contributed by atoms with Crippen LogP contribution in [0.2, 0.25) is 0 Å². The number of carbonyl (C=O) groups is 2. The van der Waals surface area contributed by atoms with E-state index in [4.69, 9.17) is 9.47 Å². The molecular formula is C22H36N4O8S. The van der Waals surface area contributed by atoms with Crippen molar-refractivity contribution < 1.29 is 37.7 Å². The van der Waals surface area contributed by atoms with Crippen molar-refractivity contribution in [3.8, 4) is 0 Å². The maximum Gasteiger partial charge on any atom is 0.240 e. The summed E-state index contributed by atoms with van der Waals surface area (Å²) in [5.41, 5.74) is 0. The molecule has 5 aliphatic rings. The number of ether oxygens (including phenoxy) is 2. The molecule has 198 valence electrons. The summed E-state index contributed by atoms with van der Waals surface area (Å²) in [6, 6.07) is -0.217. The van der Waals surface area contributed by atoms with Crippen LogP contribution in [0.1, 0.15) is 32.1 Å². The zero-order valence-electron chi connectivity index (χ0n) is 20.0. The molecule has 0 spiro atoms. The van der Waals surface area contributed by atoms with Gasteiger partial charge in [-0.15, -0.1) is 0 Å². The Kier molecular flexibility index (Phi) is 7.12. The van der Waals surface area contributed by atoms with E-state index in [1.54, 1.807) is 4.90 Å². The molecule has 1 saturated carbocycles. The van der Waals surface area contributed by atoms with Gasteiger partial charge in [0.2, 0.25) is 21.8 Å². The van der Waals surface area contributed by atoms with E-state index in [0.717, 1.165) is 29.8 Å². The smallest absolute Gasteiger partial charge is 0.240 e. The van der Waals surface area contributed by atoms with Crippen LogP contribution in [0, 0.1) is 0 Å². The number of rotatable bonds is 2. The van der Waals surface area contributed by atoms with Crippen molar-refractivity contribution in [3.05, 3.63) is 0 Å². The van der Waals surface area contributed by atoms with E-state index in [0.29, 0.717) is 32.2 Å². The van der Waals surface area contributed by atoms with E-state index >= 15 is 0 Å². The Labute approximate surface area is 205 Å². The summed E-state index contributed by atoms with van der Waals surface area (Å²) < 4.78 is 37.9. The summed E-state index contributed by atoms with van der Waals surface area (Å²) >= 11 is 0. The lowest BCUT2D eigenvalue weighted by Gasteiger charge is -2.41. The maximum absolute atomic E-state index is 13.6. The first-order valence-electron chi connectivity index (χ1n) is 12.5. The van der Waals surface area contributed by atoms with Gasteiger partial charge < -0.3 is 29.9 Å². The lowest BCUT2D eigenvalue weighted by atomic mass is 9.91. The van der Waals surface area contributed by atoms with E-state index < -0.39 is 40.5 Å². The topological polar surface area (TPSA) is 149 Å². The Hall–Kier alpha value is -1.35. The average molecular weight is 517 g/mol. The number of fused-ring (bicyclic) bond motifs is 6. The van der Waals surface area contributed by atoms with Gasteiger partial charge in [0.25, 0.3) is 0 Å². The summed E-state index contributed by atoms with van der Waals surface area (Å²) in [5.74, 6) is -0.332. The highest BCUT2D eigenvalue weighted by Gasteiger charge is 2.48. The number of hydrogen-bond donors (Lipinski definition) is 3. The molecule has 5 fully saturated rings. The van der Waals surface area contributed by atoms with Crippen LogP contribution in [-0.4, -0.2) is 139 Å². The highest BCUT2D eigenvalue weighted by Crippen LogP contribution is 2.33. The van der Waals surface area contributed by atoms with Gasteiger partial charge in [0.05, 0.1) is 37.5 Å². The molecule has 12 nitrogen and oxygen atoms in total. The first-order chi connectivity index (χ1) is 16.6. The normalized spacial score (nSPS) is 40.5. The van der Waals surface area contributed by atoms with E-state index in [-0.39, 0.29) is 50.0 Å². The molecule has 4 saturated heterocycles. The van der Waals surface area contributed by atoms with Crippen LogP contribution in [0.25, 0.3) is 0 Å². The molecule has 7 atom stereocenters. The van der Waals surface area contributed by atoms with Crippen molar-refractivity contribution >= 4 is 21.8 Å². The van der Waals surface area contributed by atoms with Crippen LogP contribution < -0.4 is 5.32 Å². The maximum atomic E-state index is 13.6. The minimum atomic E-state index is -3.70. The minimum absolute atomic E-state index is 0.00390. The fourth-order valence-corrected chi connectivity index (χ4v) is 6.81. The van der Waals surface area contributed by atoms with Gasteiger partial charge in [-0.05, 0) is 19.3 Å². The summed E-state index contributed by atoms with van der Waals surface area (Å²) in [7, 11) is -3.70. The number of nitrogens with zero attached hydrogens (tertiary/aromatic N) is 3. The third kappa shape index (κ3) is 5.22. The molecule has 35 heavy (non-hydrogen) atoms. The Morgan fingerprint density at radius 1 is 1.03 bits per heavy atom. The van der Waals surface area contributed by atoms with Crippen LogP contribution in [-0.2, 0) is 29.1 Å². The van der Waals surface area contributed by atoms with Crippen LogP contribution in [0.5, 0.6) is 0 Å². The molecule has 0 aromatic rings. The summed E-state index contributed by atoms with van der Waals surface area (Å²) in [5, 5.41) is 24.0. The Morgan fingerprint density at radius 3 is 2.46 bits per heavy atom. The van der Waals surface area contributed by atoms with Gasteiger partial charge in [-0.1, -0.05) is 6.42 Å². The molecular weight excluding hydrogens is 480 g/mol. The van der Waals surface area contributed by atoms with Gasteiger partial charge in [0.15, 0.2) is 0 Å². The van der Waals surface area contributed by atoms with Gasteiger partial charge in [0.1, 0.15) is 18.3 Å². The number of sulfonamides is 1. The monoisotopic (exact) mass is 516 g/mol. The Morgan fingerprint density at radius 2 is 1.77 bits per heavy atom. The molecule has 5 rings (SSSR count). The van der Waals surface area contributed by atoms with E-state index in [1.165, 1.54) is 0 Å². The number of aliphatic hydroxyl groups excluding tert-OH is 2. The second kappa shape index (κ2) is 9.84. The van der Waals surface area contributed by atoms with Gasteiger partial charge in [-0.25, -0.2) is 8.42 Å². The standard InChI is InChI=1S/C22H36N4O8S/c1-35(31,32)25-11-15-10-24(5-6-33-15)22(30)16-7-13(9-26(16)14-3-2-4-14)23-19(27)8-17-20(28)21(29)18(12-25)34-17/h13-18,20-21,28-29H,2-12H2,1H3,(H,23,27)/t13-,15-,16-,17-,18+,20-,21+/m0/s1.